The van der Waals surface area contributed by atoms with Crippen molar-refractivity contribution in [3.63, 3.8) is 0 Å². The number of nitrogens with one attached hydrogen (secondary N) is 2. The molecule has 0 fully saturated rings. The molecule has 2 N–H and O–H groups in total. The van der Waals surface area contributed by atoms with Gasteiger partial charge in [-0.25, -0.2) is 0 Å². The average Bonchev–Trinajstić information content (AvgIpc) is 2.87. The third-order valence-corrected chi connectivity index (χ3v) is 6.87. The normalized spacial score (nSPS) is 15.1. The van der Waals surface area contributed by atoms with Gasteiger partial charge >= 0.3 is 0 Å². The lowest BCUT2D eigenvalue weighted by atomic mass is 9.87. The van der Waals surface area contributed by atoms with Crippen molar-refractivity contribution in [2.75, 3.05) is 40.5 Å². The Labute approximate surface area is 211 Å². The highest BCUT2D eigenvalue weighted by Crippen LogP contribution is 2.40. The summed E-state index contributed by atoms with van der Waals surface area (Å²) in [5.41, 5.74) is 4.52. The number of pyridine rings is 1. The minimum Gasteiger partial charge on any atom is -0.493 e. The number of rotatable bonds is 8. The van der Waals surface area contributed by atoms with E-state index in [1.165, 1.54) is 0 Å². The lowest BCUT2D eigenvalue weighted by molar-refractivity contribution is 0.145. The van der Waals surface area contributed by atoms with Gasteiger partial charge in [0, 0.05) is 31.9 Å². The number of aromatic amines is 1. The van der Waals surface area contributed by atoms with Crippen LogP contribution in [-0.4, -0.2) is 55.5 Å². The lowest BCUT2D eigenvalue weighted by Crippen LogP contribution is -2.47. The van der Waals surface area contributed by atoms with Crippen molar-refractivity contribution in [3.05, 3.63) is 69.0 Å². The first kappa shape index (κ1) is 25.0. The van der Waals surface area contributed by atoms with Gasteiger partial charge in [-0.1, -0.05) is 18.2 Å². The van der Waals surface area contributed by atoms with Crippen LogP contribution in [0.1, 0.15) is 41.6 Å². The Balaban J connectivity index is 1.79. The van der Waals surface area contributed by atoms with Gasteiger partial charge in [-0.2, -0.15) is 0 Å². The molecule has 0 unspecified atom stereocenters. The molecule has 2 aromatic carbocycles. The molecule has 0 radical (unpaired) electrons. The number of aryl methyl sites for hydroxylation is 1. The van der Waals surface area contributed by atoms with Gasteiger partial charge in [0.2, 0.25) is 0 Å². The maximum Gasteiger partial charge on any atom is 0.254 e. The van der Waals surface area contributed by atoms with Crippen LogP contribution in [0.2, 0.25) is 0 Å². The maximum atomic E-state index is 13.5. The number of ether oxygens (including phenoxy) is 3. The Bertz CT molecular complexity index is 1270. The number of fused-ring (bicyclic) bond motifs is 2. The molecule has 1 aliphatic heterocycles. The molecule has 35 heavy (non-hydrogen) atoms. The second kappa shape index (κ2) is 11.1. The first-order valence-corrected chi connectivity index (χ1v) is 12.4. The van der Waals surface area contributed by atoms with Crippen molar-refractivity contribution in [2.24, 2.45) is 0 Å². The van der Waals surface area contributed by atoms with E-state index in [1.807, 2.05) is 50.2 Å². The van der Waals surface area contributed by atoms with E-state index in [0.717, 1.165) is 40.4 Å². The molecule has 1 aliphatic rings. The van der Waals surface area contributed by atoms with E-state index < -0.39 is 0 Å². The van der Waals surface area contributed by atoms with E-state index in [4.69, 9.17) is 26.4 Å². The van der Waals surface area contributed by atoms with Crippen molar-refractivity contribution in [1.82, 2.24) is 15.2 Å². The zero-order chi connectivity index (χ0) is 24.9. The maximum absolute atomic E-state index is 13.5. The molecule has 186 valence electrons. The zero-order valence-corrected chi connectivity index (χ0v) is 21.6. The molecular weight excluding hydrogens is 462 g/mol. The molecule has 0 amide bonds. The summed E-state index contributed by atoms with van der Waals surface area (Å²) < 4.78 is 16.6. The lowest BCUT2D eigenvalue weighted by Gasteiger charge is -2.39. The van der Waals surface area contributed by atoms with E-state index in [9.17, 15) is 4.79 Å². The first-order chi connectivity index (χ1) is 17.0. The van der Waals surface area contributed by atoms with Crippen molar-refractivity contribution < 1.29 is 14.2 Å². The molecule has 0 saturated heterocycles. The minimum absolute atomic E-state index is 0.122. The summed E-state index contributed by atoms with van der Waals surface area (Å²) in [6.07, 6.45) is 1.63. The molecule has 3 aromatic rings. The van der Waals surface area contributed by atoms with E-state index in [1.54, 1.807) is 14.2 Å². The number of methoxy groups -OCH3 is 2. The standard InChI is InChI=1S/C27H33N3O4S/c1-5-34-13-7-11-28-27(35)30-12-10-18-15-22(32-3)23(33-4)16-20(18)25(30)21-14-19-9-6-8-17(2)24(19)29-26(21)31/h6,8-9,14-16,25H,5,7,10-13H2,1-4H3,(H,28,35)(H,29,31)/t25-/m0/s1. The number of H-pyrrole nitrogens is 1. The fourth-order valence-electron chi connectivity index (χ4n) is 4.72. The summed E-state index contributed by atoms with van der Waals surface area (Å²) in [5.74, 6) is 1.31. The number of hydrogen-bond donors (Lipinski definition) is 2. The molecule has 8 heteroatoms. The number of para-hydroxylation sites is 1. The summed E-state index contributed by atoms with van der Waals surface area (Å²) in [6, 6.07) is 11.6. The first-order valence-electron chi connectivity index (χ1n) is 12.0. The van der Waals surface area contributed by atoms with Crippen LogP contribution in [0.4, 0.5) is 0 Å². The predicted molar refractivity (Wildman–Crippen MR) is 143 cm³/mol. The summed E-state index contributed by atoms with van der Waals surface area (Å²) in [4.78, 5) is 18.7. The molecule has 2 heterocycles. The number of benzene rings is 2. The molecule has 0 saturated carbocycles. The molecular formula is C27H33N3O4S. The van der Waals surface area contributed by atoms with E-state index in [-0.39, 0.29) is 11.6 Å². The van der Waals surface area contributed by atoms with Gasteiger partial charge in [0.25, 0.3) is 5.56 Å². The van der Waals surface area contributed by atoms with Crippen molar-refractivity contribution in [1.29, 1.82) is 0 Å². The van der Waals surface area contributed by atoms with Crippen LogP contribution in [-0.2, 0) is 11.2 Å². The third kappa shape index (κ3) is 5.13. The summed E-state index contributed by atoms with van der Waals surface area (Å²) >= 11 is 5.83. The number of nitrogens with zero attached hydrogens (tertiary/aromatic N) is 1. The second-order valence-electron chi connectivity index (χ2n) is 8.63. The minimum atomic E-state index is -0.362. The third-order valence-electron chi connectivity index (χ3n) is 6.49. The monoisotopic (exact) mass is 495 g/mol. The van der Waals surface area contributed by atoms with E-state index in [0.29, 0.717) is 48.5 Å². The Morgan fingerprint density at radius 3 is 2.69 bits per heavy atom. The van der Waals surface area contributed by atoms with Crippen LogP contribution in [0.5, 0.6) is 11.5 Å². The number of aromatic nitrogens is 1. The Hall–Kier alpha value is -3.10. The van der Waals surface area contributed by atoms with Crippen LogP contribution in [0.3, 0.4) is 0 Å². The van der Waals surface area contributed by atoms with Gasteiger partial charge in [0.05, 0.1) is 25.8 Å². The van der Waals surface area contributed by atoms with Gasteiger partial charge in [-0.3, -0.25) is 4.79 Å². The van der Waals surface area contributed by atoms with Crippen LogP contribution in [0.15, 0.2) is 41.2 Å². The molecule has 0 spiro atoms. The van der Waals surface area contributed by atoms with Crippen LogP contribution in [0, 0.1) is 6.92 Å². The highest BCUT2D eigenvalue weighted by molar-refractivity contribution is 7.80. The van der Waals surface area contributed by atoms with E-state index in [2.05, 4.69) is 15.2 Å². The van der Waals surface area contributed by atoms with Crippen LogP contribution >= 0.6 is 12.2 Å². The largest absolute Gasteiger partial charge is 0.493 e. The van der Waals surface area contributed by atoms with Gasteiger partial charge in [-0.05, 0) is 79.2 Å². The Morgan fingerprint density at radius 2 is 1.94 bits per heavy atom. The quantitative estimate of drug-likeness (QED) is 0.360. The highest BCUT2D eigenvalue weighted by Gasteiger charge is 2.33. The molecule has 0 aliphatic carbocycles. The summed E-state index contributed by atoms with van der Waals surface area (Å²) in [5, 5.41) is 4.98. The Kier molecular flexibility index (Phi) is 7.93. The van der Waals surface area contributed by atoms with Crippen LogP contribution in [0.25, 0.3) is 10.9 Å². The van der Waals surface area contributed by atoms with Crippen LogP contribution < -0.4 is 20.3 Å². The zero-order valence-electron chi connectivity index (χ0n) is 20.8. The fourth-order valence-corrected chi connectivity index (χ4v) is 5.02. The topological polar surface area (TPSA) is 75.8 Å². The molecule has 0 bridgehead atoms. The van der Waals surface area contributed by atoms with Crippen molar-refractivity contribution in [2.45, 2.75) is 32.7 Å². The van der Waals surface area contributed by atoms with Crippen molar-refractivity contribution >= 4 is 28.2 Å². The smallest absolute Gasteiger partial charge is 0.254 e. The Morgan fingerprint density at radius 1 is 1.17 bits per heavy atom. The number of hydrogen-bond acceptors (Lipinski definition) is 5. The molecule has 1 atom stereocenters. The second-order valence-corrected chi connectivity index (χ2v) is 9.01. The van der Waals surface area contributed by atoms with Gasteiger partial charge in [0.1, 0.15) is 0 Å². The van der Waals surface area contributed by atoms with Crippen molar-refractivity contribution in [3.8, 4) is 11.5 Å². The molecule has 1 aromatic heterocycles. The fraction of sp³-hybridized carbons (Fsp3) is 0.407. The molecule has 7 nitrogen and oxygen atoms in total. The summed E-state index contributed by atoms with van der Waals surface area (Å²) in [6.45, 7) is 6.74. The van der Waals surface area contributed by atoms with Gasteiger partial charge in [-0.15, -0.1) is 0 Å². The average molecular weight is 496 g/mol. The SMILES string of the molecule is CCOCCCNC(=S)N1CCc2cc(OC)c(OC)cc2[C@H]1c1cc2cccc(C)c2[nH]c1=O. The summed E-state index contributed by atoms with van der Waals surface area (Å²) in [7, 11) is 3.25. The molecule has 4 rings (SSSR count). The van der Waals surface area contributed by atoms with Gasteiger partial charge in [0.15, 0.2) is 16.6 Å². The predicted octanol–water partition coefficient (Wildman–Crippen LogP) is 4.10. The highest BCUT2D eigenvalue weighted by atomic mass is 32.1. The number of thiocarbonyl (C=S) groups is 1. The van der Waals surface area contributed by atoms with Gasteiger partial charge < -0.3 is 29.4 Å². The van der Waals surface area contributed by atoms with E-state index >= 15 is 0 Å².